The summed E-state index contributed by atoms with van der Waals surface area (Å²) in [6.07, 6.45) is 6.46. The van der Waals surface area contributed by atoms with Crippen LogP contribution >= 0.6 is 0 Å². The highest BCUT2D eigenvalue weighted by Crippen LogP contribution is 2.10. The Morgan fingerprint density at radius 2 is 2.15 bits per heavy atom. The van der Waals surface area contributed by atoms with E-state index in [0.29, 0.717) is 0 Å². The van der Waals surface area contributed by atoms with Crippen molar-refractivity contribution in [1.82, 2.24) is 4.57 Å². The van der Waals surface area contributed by atoms with Crippen LogP contribution in [-0.4, -0.2) is 10.8 Å². The average Bonchev–Trinajstić information content (AvgIpc) is 2.55. The van der Waals surface area contributed by atoms with Gasteiger partial charge >= 0.3 is 0 Å². The van der Waals surface area contributed by atoms with Gasteiger partial charge in [-0.3, -0.25) is 0 Å². The highest BCUT2D eigenvalue weighted by molar-refractivity contribution is 5.57. The van der Waals surface area contributed by atoms with Crippen molar-refractivity contribution in [3.05, 3.63) is 36.7 Å². The third-order valence-corrected chi connectivity index (χ3v) is 1.96. The standard InChI is InChI=1S/C11H16N2/c1-10(2)7-11(8-12)9-13-5-3-4-6-13/h3-6,8,11-12H,1,7,9H2,2H3. The smallest absolute Gasteiger partial charge is 0.0300 e. The van der Waals surface area contributed by atoms with Crippen molar-refractivity contribution in [2.75, 3.05) is 0 Å². The average molecular weight is 176 g/mol. The van der Waals surface area contributed by atoms with Crippen LogP contribution in [0, 0.1) is 11.3 Å². The van der Waals surface area contributed by atoms with Crippen LogP contribution in [0.5, 0.6) is 0 Å². The van der Waals surface area contributed by atoms with Crippen LogP contribution in [0.3, 0.4) is 0 Å². The van der Waals surface area contributed by atoms with Gasteiger partial charge in [-0.05, 0) is 25.5 Å². The highest BCUT2D eigenvalue weighted by Gasteiger charge is 2.05. The summed E-state index contributed by atoms with van der Waals surface area (Å²) in [5, 5.41) is 7.28. The van der Waals surface area contributed by atoms with Gasteiger partial charge < -0.3 is 9.98 Å². The van der Waals surface area contributed by atoms with E-state index in [1.165, 1.54) is 6.21 Å². The molecule has 1 rings (SSSR count). The van der Waals surface area contributed by atoms with E-state index in [1.807, 2.05) is 31.5 Å². The van der Waals surface area contributed by atoms with Crippen LogP contribution in [0.25, 0.3) is 0 Å². The van der Waals surface area contributed by atoms with Crippen molar-refractivity contribution in [2.24, 2.45) is 5.92 Å². The van der Waals surface area contributed by atoms with E-state index < -0.39 is 0 Å². The number of nitrogens with zero attached hydrogens (tertiary/aromatic N) is 1. The molecule has 1 atom stereocenters. The number of hydrogen-bond acceptors (Lipinski definition) is 1. The third kappa shape index (κ3) is 3.28. The van der Waals surface area contributed by atoms with Gasteiger partial charge in [0.1, 0.15) is 0 Å². The monoisotopic (exact) mass is 176 g/mol. The predicted molar refractivity (Wildman–Crippen MR) is 56.1 cm³/mol. The first-order valence-electron chi connectivity index (χ1n) is 4.48. The second-order valence-corrected chi connectivity index (χ2v) is 3.47. The van der Waals surface area contributed by atoms with Crippen LogP contribution in [-0.2, 0) is 6.54 Å². The lowest BCUT2D eigenvalue weighted by molar-refractivity contribution is 0.561. The zero-order valence-corrected chi connectivity index (χ0v) is 8.03. The quantitative estimate of drug-likeness (QED) is 0.528. The Balaban J connectivity index is 2.49. The fourth-order valence-corrected chi connectivity index (χ4v) is 1.39. The molecule has 1 heterocycles. The summed E-state index contributed by atoms with van der Waals surface area (Å²) in [6, 6.07) is 4.00. The molecule has 2 nitrogen and oxygen atoms in total. The van der Waals surface area contributed by atoms with Gasteiger partial charge in [0.15, 0.2) is 0 Å². The normalized spacial score (nSPS) is 12.4. The van der Waals surface area contributed by atoms with E-state index in [2.05, 4.69) is 11.1 Å². The Kier molecular flexibility index (Phi) is 3.50. The molecule has 0 saturated heterocycles. The highest BCUT2D eigenvalue weighted by atomic mass is 14.9. The Morgan fingerprint density at radius 3 is 2.62 bits per heavy atom. The molecule has 2 heteroatoms. The minimum absolute atomic E-state index is 0.282. The lowest BCUT2D eigenvalue weighted by atomic mass is 10.0. The van der Waals surface area contributed by atoms with E-state index in [0.717, 1.165) is 18.5 Å². The first-order valence-corrected chi connectivity index (χ1v) is 4.48. The van der Waals surface area contributed by atoms with Gasteiger partial charge in [0.2, 0.25) is 0 Å². The van der Waals surface area contributed by atoms with Gasteiger partial charge in [0.25, 0.3) is 0 Å². The van der Waals surface area contributed by atoms with Crippen LogP contribution in [0.1, 0.15) is 13.3 Å². The molecule has 0 saturated carbocycles. The lowest BCUT2D eigenvalue weighted by Crippen LogP contribution is -2.10. The molecule has 0 amide bonds. The maximum Gasteiger partial charge on any atom is 0.0300 e. The van der Waals surface area contributed by atoms with Crippen molar-refractivity contribution in [3.63, 3.8) is 0 Å². The van der Waals surface area contributed by atoms with E-state index in [1.54, 1.807) is 0 Å². The molecule has 0 aromatic carbocycles. The molecular weight excluding hydrogens is 160 g/mol. The van der Waals surface area contributed by atoms with Crippen LogP contribution < -0.4 is 0 Å². The van der Waals surface area contributed by atoms with Gasteiger partial charge in [-0.1, -0.05) is 5.57 Å². The van der Waals surface area contributed by atoms with Crippen molar-refractivity contribution in [1.29, 1.82) is 5.41 Å². The van der Waals surface area contributed by atoms with E-state index in [4.69, 9.17) is 5.41 Å². The van der Waals surface area contributed by atoms with E-state index in [9.17, 15) is 0 Å². The number of aromatic nitrogens is 1. The minimum atomic E-state index is 0.282. The number of allylic oxidation sites excluding steroid dienone is 1. The second-order valence-electron chi connectivity index (χ2n) is 3.47. The van der Waals surface area contributed by atoms with Gasteiger partial charge in [-0.25, -0.2) is 0 Å². The van der Waals surface area contributed by atoms with Gasteiger partial charge in [0, 0.05) is 31.1 Å². The lowest BCUT2D eigenvalue weighted by Gasteiger charge is -2.11. The molecule has 13 heavy (non-hydrogen) atoms. The first kappa shape index (κ1) is 9.78. The van der Waals surface area contributed by atoms with Crippen molar-refractivity contribution >= 4 is 6.21 Å². The fraction of sp³-hybridized carbons (Fsp3) is 0.364. The predicted octanol–water partition coefficient (Wildman–Crippen LogP) is 2.72. The summed E-state index contributed by atoms with van der Waals surface area (Å²) in [6.45, 7) is 6.74. The molecule has 1 unspecified atom stereocenters. The summed E-state index contributed by atoms with van der Waals surface area (Å²) in [4.78, 5) is 0. The molecule has 0 spiro atoms. The maximum absolute atomic E-state index is 7.28. The van der Waals surface area contributed by atoms with Crippen molar-refractivity contribution in [3.8, 4) is 0 Å². The number of hydrogen-bond donors (Lipinski definition) is 1. The Hall–Kier alpha value is -1.31. The number of nitrogens with one attached hydrogen (secondary N) is 1. The summed E-state index contributed by atoms with van der Waals surface area (Å²) >= 11 is 0. The summed E-state index contributed by atoms with van der Waals surface area (Å²) < 4.78 is 2.10. The maximum atomic E-state index is 7.28. The van der Waals surface area contributed by atoms with E-state index >= 15 is 0 Å². The molecule has 70 valence electrons. The molecule has 1 aromatic rings. The molecule has 0 bridgehead atoms. The molecule has 1 aromatic heterocycles. The summed E-state index contributed by atoms with van der Waals surface area (Å²) in [7, 11) is 0. The zero-order chi connectivity index (χ0) is 9.68. The molecule has 0 radical (unpaired) electrons. The molecular formula is C11H16N2. The van der Waals surface area contributed by atoms with Crippen LogP contribution in [0.2, 0.25) is 0 Å². The van der Waals surface area contributed by atoms with Crippen LogP contribution in [0.4, 0.5) is 0 Å². The molecule has 0 fully saturated rings. The molecule has 1 N–H and O–H groups in total. The number of rotatable bonds is 5. The van der Waals surface area contributed by atoms with Crippen molar-refractivity contribution in [2.45, 2.75) is 19.9 Å². The molecule has 0 aliphatic carbocycles. The van der Waals surface area contributed by atoms with E-state index in [-0.39, 0.29) is 5.92 Å². The first-order chi connectivity index (χ1) is 6.22. The largest absolute Gasteiger partial charge is 0.354 e. The minimum Gasteiger partial charge on any atom is -0.354 e. The van der Waals surface area contributed by atoms with Gasteiger partial charge in [-0.2, -0.15) is 0 Å². The summed E-state index contributed by atoms with van der Waals surface area (Å²) in [5.74, 6) is 0.282. The molecule has 0 aliphatic heterocycles. The van der Waals surface area contributed by atoms with Crippen molar-refractivity contribution < 1.29 is 0 Å². The van der Waals surface area contributed by atoms with Crippen LogP contribution in [0.15, 0.2) is 36.7 Å². The topological polar surface area (TPSA) is 28.8 Å². The molecule has 0 aliphatic rings. The summed E-state index contributed by atoms with van der Waals surface area (Å²) in [5.41, 5.74) is 1.14. The van der Waals surface area contributed by atoms with Gasteiger partial charge in [-0.15, -0.1) is 6.58 Å². The SMILES string of the molecule is C=C(C)CC(C=N)Cn1cccc1. The third-order valence-electron chi connectivity index (χ3n) is 1.96. The zero-order valence-electron chi connectivity index (χ0n) is 8.03. The fourth-order valence-electron chi connectivity index (χ4n) is 1.39. The Labute approximate surface area is 79.4 Å². The van der Waals surface area contributed by atoms with Gasteiger partial charge in [0.05, 0.1) is 0 Å². The Bertz CT molecular complexity index is 272. The second kappa shape index (κ2) is 4.65. The Morgan fingerprint density at radius 1 is 1.54 bits per heavy atom.